The predicted octanol–water partition coefficient (Wildman–Crippen LogP) is 8.86. The minimum absolute atomic E-state index is 0.0840. The van der Waals surface area contributed by atoms with Crippen molar-refractivity contribution in [2.24, 2.45) is 5.41 Å². The van der Waals surface area contributed by atoms with Gasteiger partial charge in [-0.25, -0.2) is 0 Å². The minimum atomic E-state index is -4.33. The summed E-state index contributed by atoms with van der Waals surface area (Å²) in [7, 11) is -6.76. The van der Waals surface area contributed by atoms with Crippen LogP contribution in [0.3, 0.4) is 0 Å². The standard InChI is InChI=1S/C47H43O3P3S/c48-54(49,50)46-33-31-39(32-34-46)35-47(36-51(40-19-7-1-8-20-40)41-21-9-2-10-22-41,37-52(42-23-11-3-12-24-42)43-25-13-4-14-26-43)38-53(44-27-15-5-16-28-44)45-29-17-6-18-30-45/h1-34H,35-38H2,(H,48,49,50). The molecular weight excluding hydrogens is 738 g/mol. The van der Waals surface area contributed by atoms with Crippen molar-refractivity contribution in [1.82, 2.24) is 0 Å². The van der Waals surface area contributed by atoms with Crippen molar-refractivity contribution in [3.63, 3.8) is 0 Å². The van der Waals surface area contributed by atoms with Crippen molar-refractivity contribution < 1.29 is 13.0 Å². The summed E-state index contributed by atoms with van der Waals surface area (Å²) in [5, 5.41) is 8.07. The summed E-state index contributed by atoms with van der Waals surface area (Å²) in [6, 6.07) is 72.9. The second kappa shape index (κ2) is 17.9. The van der Waals surface area contributed by atoms with Gasteiger partial charge in [0.1, 0.15) is 0 Å². The first kappa shape index (κ1) is 38.0. The zero-order chi connectivity index (χ0) is 37.2. The van der Waals surface area contributed by atoms with E-state index in [-0.39, 0.29) is 10.3 Å². The zero-order valence-corrected chi connectivity index (χ0v) is 33.5. The van der Waals surface area contributed by atoms with Crippen molar-refractivity contribution in [3.8, 4) is 0 Å². The lowest BCUT2D eigenvalue weighted by atomic mass is 9.87. The Morgan fingerprint density at radius 3 is 0.833 bits per heavy atom. The normalized spacial score (nSPS) is 12.0. The van der Waals surface area contributed by atoms with E-state index in [0.29, 0.717) is 0 Å². The van der Waals surface area contributed by atoms with Gasteiger partial charge in [0, 0.05) is 0 Å². The van der Waals surface area contributed by atoms with Crippen LogP contribution in [-0.2, 0) is 16.5 Å². The van der Waals surface area contributed by atoms with Crippen LogP contribution < -0.4 is 31.8 Å². The summed E-state index contributed by atoms with van der Waals surface area (Å²) in [5.41, 5.74) is 0.803. The third kappa shape index (κ3) is 9.69. The molecule has 0 saturated heterocycles. The fourth-order valence-corrected chi connectivity index (χ4v) is 16.4. The van der Waals surface area contributed by atoms with Crippen molar-refractivity contribution >= 4 is 65.7 Å². The average Bonchev–Trinajstić information content (AvgIpc) is 3.23. The van der Waals surface area contributed by atoms with Gasteiger partial charge >= 0.3 is 0 Å². The molecule has 0 radical (unpaired) electrons. The molecule has 54 heavy (non-hydrogen) atoms. The molecule has 7 rings (SSSR count). The molecule has 270 valence electrons. The van der Waals surface area contributed by atoms with E-state index < -0.39 is 33.9 Å². The summed E-state index contributed by atoms with van der Waals surface area (Å²) < 4.78 is 34.2. The van der Waals surface area contributed by atoms with Crippen LogP contribution in [0.5, 0.6) is 0 Å². The average molecular weight is 781 g/mol. The quantitative estimate of drug-likeness (QED) is 0.0836. The summed E-state index contributed by atoms with van der Waals surface area (Å²) in [5.74, 6) is 0. The van der Waals surface area contributed by atoms with E-state index in [4.69, 9.17) is 0 Å². The summed E-state index contributed by atoms with van der Waals surface area (Å²) >= 11 is 0. The van der Waals surface area contributed by atoms with Crippen LogP contribution in [0.4, 0.5) is 0 Å². The van der Waals surface area contributed by atoms with Crippen LogP contribution in [0.15, 0.2) is 211 Å². The number of hydrogen-bond donors (Lipinski definition) is 1. The van der Waals surface area contributed by atoms with Gasteiger partial charge in [-0.2, -0.15) is 8.42 Å². The van der Waals surface area contributed by atoms with E-state index in [1.54, 1.807) is 12.1 Å². The fourth-order valence-electron chi connectivity index (χ4n) is 7.18. The maximum absolute atomic E-state index is 12.2. The minimum Gasteiger partial charge on any atom is -0.282 e. The second-order valence-corrected chi connectivity index (χ2v) is 21.6. The van der Waals surface area contributed by atoms with Crippen LogP contribution >= 0.6 is 23.8 Å². The molecule has 0 aliphatic carbocycles. The van der Waals surface area contributed by atoms with Crippen LogP contribution in [-0.4, -0.2) is 31.5 Å². The first-order chi connectivity index (χ1) is 26.4. The molecule has 7 aromatic carbocycles. The summed E-state index contributed by atoms with van der Waals surface area (Å²) in [6.07, 6.45) is 3.56. The molecule has 0 unspecified atom stereocenters. The molecule has 0 amide bonds. The highest BCUT2D eigenvalue weighted by molar-refractivity contribution is 7.85. The van der Waals surface area contributed by atoms with Crippen LogP contribution in [0.2, 0.25) is 0 Å². The van der Waals surface area contributed by atoms with E-state index in [1.807, 2.05) is 12.1 Å². The van der Waals surface area contributed by atoms with Crippen LogP contribution in [0, 0.1) is 5.41 Å². The Kier molecular flexibility index (Phi) is 12.6. The number of rotatable bonds is 15. The Morgan fingerprint density at radius 2 is 0.611 bits per heavy atom. The third-order valence-corrected chi connectivity index (χ3v) is 19.0. The largest absolute Gasteiger partial charge is 0.294 e. The Balaban J connectivity index is 1.47. The van der Waals surface area contributed by atoms with Crippen molar-refractivity contribution in [1.29, 1.82) is 0 Å². The van der Waals surface area contributed by atoms with Crippen molar-refractivity contribution in [2.45, 2.75) is 11.3 Å². The van der Waals surface area contributed by atoms with Gasteiger partial charge < -0.3 is 0 Å². The Morgan fingerprint density at radius 1 is 0.370 bits per heavy atom. The molecular formula is C47H43O3P3S. The van der Waals surface area contributed by atoms with Gasteiger partial charge in [0.15, 0.2) is 0 Å². The Hall–Kier alpha value is -4.26. The number of benzene rings is 7. The molecule has 3 nitrogen and oxygen atoms in total. The molecule has 7 heteroatoms. The van der Waals surface area contributed by atoms with E-state index >= 15 is 0 Å². The molecule has 7 aromatic rings. The highest BCUT2D eigenvalue weighted by Gasteiger charge is 2.40. The van der Waals surface area contributed by atoms with E-state index in [1.165, 1.54) is 31.8 Å². The smallest absolute Gasteiger partial charge is 0.282 e. The summed E-state index contributed by atoms with van der Waals surface area (Å²) in [4.78, 5) is -0.0840. The molecule has 0 aliphatic rings. The first-order valence-corrected chi connectivity index (χ1v) is 24.1. The van der Waals surface area contributed by atoms with Gasteiger partial charge in [-0.05, 0) is 104 Å². The van der Waals surface area contributed by atoms with Gasteiger partial charge in [0.25, 0.3) is 10.1 Å². The Labute approximate surface area is 324 Å². The number of hydrogen-bond acceptors (Lipinski definition) is 2. The van der Waals surface area contributed by atoms with E-state index in [2.05, 4.69) is 182 Å². The molecule has 0 atom stereocenters. The fraction of sp³-hybridized carbons (Fsp3) is 0.106. The molecule has 0 heterocycles. The van der Waals surface area contributed by atoms with E-state index in [0.717, 1.165) is 30.5 Å². The second-order valence-electron chi connectivity index (χ2n) is 13.6. The molecule has 0 fully saturated rings. The van der Waals surface area contributed by atoms with Gasteiger partial charge in [0.2, 0.25) is 0 Å². The van der Waals surface area contributed by atoms with Gasteiger partial charge in [-0.1, -0.05) is 194 Å². The maximum Gasteiger partial charge on any atom is 0.294 e. The molecule has 0 bridgehead atoms. The lowest BCUT2D eigenvalue weighted by Gasteiger charge is -2.43. The molecule has 0 saturated carbocycles. The predicted molar refractivity (Wildman–Crippen MR) is 234 cm³/mol. The van der Waals surface area contributed by atoms with Crippen molar-refractivity contribution in [3.05, 3.63) is 212 Å². The van der Waals surface area contributed by atoms with Gasteiger partial charge in [-0.15, -0.1) is 0 Å². The topological polar surface area (TPSA) is 54.4 Å². The lowest BCUT2D eigenvalue weighted by molar-refractivity contribution is 0.436. The highest BCUT2D eigenvalue weighted by Crippen LogP contribution is 2.54. The lowest BCUT2D eigenvalue weighted by Crippen LogP contribution is -2.40. The SMILES string of the molecule is O=S(=O)(O)c1ccc(CC(CP(c2ccccc2)c2ccccc2)(CP(c2ccccc2)c2ccccc2)CP(c2ccccc2)c2ccccc2)cc1. The molecule has 1 N–H and O–H groups in total. The van der Waals surface area contributed by atoms with E-state index in [9.17, 15) is 13.0 Å². The summed E-state index contributed by atoms with van der Waals surface area (Å²) in [6.45, 7) is 0. The van der Waals surface area contributed by atoms with Crippen molar-refractivity contribution in [2.75, 3.05) is 18.5 Å². The maximum atomic E-state index is 12.2. The van der Waals surface area contributed by atoms with Gasteiger partial charge in [-0.3, -0.25) is 4.55 Å². The zero-order valence-electron chi connectivity index (χ0n) is 30.0. The Bertz CT molecular complexity index is 1970. The molecule has 0 aliphatic heterocycles. The molecule has 0 spiro atoms. The third-order valence-electron chi connectivity index (χ3n) is 9.69. The first-order valence-electron chi connectivity index (χ1n) is 18.1. The van der Waals surface area contributed by atoms with Crippen LogP contribution in [0.1, 0.15) is 5.56 Å². The highest BCUT2D eigenvalue weighted by atomic mass is 32.2. The monoisotopic (exact) mass is 780 g/mol. The molecule has 0 aromatic heterocycles. The van der Waals surface area contributed by atoms with Gasteiger partial charge in [0.05, 0.1) is 4.90 Å². The van der Waals surface area contributed by atoms with Crippen LogP contribution in [0.25, 0.3) is 0 Å².